The molecule has 0 unspecified atom stereocenters. The Hall–Kier alpha value is -3.94. The SMILES string of the molecule is CC(=O)N/C(=C/c1ccccc1)C(=O)N1CCNC(=O)[C@@H]1CC(=O)OCc1ccccc1. The predicted molar refractivity (Wildman–Crippen MR) is 118 cm³/mol. The maximum Gasteiger partial charge on any atom is 0.308 e. The molecular weight excluding hydrogens is 410 g/mol. The van der Waals surface area contributed by atoms with Crippen LogP contribution in [-0.4, -0.2) is 47.7 Å². The molecule has 0 aliphatic carbocycles. The van der Waals surface area contributed by atoms with Crippen LogP contribution in [0.15, 0.2) is 66.4 Å². The van der Waals surface area contributed by atoms with Gasteiger partial charge in [-0.3, -0.25) is 19.2 Å². The highest BCUT2D eigenvalue weighted by atomic mass is 16.5. The Morgan fingerprint density at radius 2 is 1.75 bits per heavy atom. The smallest absolute Gasteiger partial charge is 0.308 e. The van der Waals surface area contributed by atoms with Crippen molar-refractivity contribution in [3.63, 3.8) is 0 Å². The predicted octanol–water partition coefficient (Wildman–Crippen LogP) is 1.62. The zero-order valence-electron chi connectivity index (χ0n) is 17.7. The van der Waals surface area contributed by atoms with Crippen molar-refractivity contribution in [1.82, 2.24) is 15.5 Å². The molecule has 3 amide bonds. The molecule has 8 heteroatoms. The lowest BCUT2D eigenvalue weighted by atomic mass is 10.1. The molecule has 166 valence electrons. The van der Waals surface area contributed by atoms with Gasteiger partial charge in [-0.05, 0) is 17.2 Å². The largest absolute Gasteiger partial charge is 0.461 e. The molecule has 8 nitrogen and oxygen atoms in total. The number of rotatable bonds is 7. The number of carbonyl (C=O) groups is 4. The van der Waals surface area contributed by atoms with Crippen LogP contribution in [0, 0.1) is 0 Å². The molecule has 0 saturated carbocycles. The number of hydrogen-bond donors (Lipinski definition) is 2. The fourth-order valence-corrected chi connectivity index (χ4v) is 3.33. The third kappa shape index (κ3) is 6.28. The molecule has 0 bridgehead atoms. The first kappa shape index (κ1) is 22.7. The summed E-state index contributed by atoms with van der Waals surface area (Å²) in [6.45, 7) is 1.83. The van der Waals surface area contributed by atoms with E-state index in [-0.39, 0.29) is 31.8 Å². The van der Waals surface area contributed by atoms with E-state index in [1.165, 1.54) is 11.8 Å². The van der Waals surface area contributed by atoms with Gasteiger partial charge in [0.15, 0.2) is 0 Å². The van der Waals surface area contributed by atoms with Gasteiger partial charge in [0.05, 0.1) is 6.42 Å². The molecule has 1 aliphatic rings. The molecule has 1 saturated heterocycles. The van der Waals surface area contributed by atoms with Crippen LogP contribution in [0.1, 0.15) is 24.5 Å². The topological polar surface area (TPSA) is 105 Å². The highest BCUT2D eigenvalue weighted by Gasteiger charge is 2.36. The quantitative estimate of drug-likeness (QED) is 0.508. The van der Waals surface area contributed by atoms with E-state index in [9.17, 15) is 19.2 Å². The molecule has 32 heavy (non-hydrogen) atoms. The van der Waals surface area contributed by atoms with Crippen LogP contribution >= 0.6 is 0 Å². The Bertz CT molecular complexity index is 1000. The summed E-state index contributed by atoms with van der Waals surface area (Å²) in [6, 6.07) is 17.2. The van der Waals surface area contributed by atoms with Crippen LogP contribution in [0.4, 0.5) is 0 Å². The van der Waals surface area contributed by atoms with Gasteiger partial charge in [-0.25, -0.2) is 0 Å². The highest BCUT2D eigenvalue weighted by Crippen LogP contribution is 2.16. The summed E-state index contributed by atoms with van der Waals surface area (Å²) >= 11 is 0. The van der Waals surface area contributed by atoms with Gasteiger partial charge < -0.3 is 20.3 Å². The number of carbonyl (C=O) groups excluding carboxylic acids is 4. The number of piperazine rings is 1. The van der Waals surface area contributed by atoms with Crippen LogP contribution < -0.4 is 10.6 Å². The average molecular weight is 435 g/mol. The molecule has 0 aromatic heterocycles. The van der Waals surface area contributed by atoms with Crippen molar-refractivity contribution < 1.29 is 23.9 Å². The van der Waals surface area contributed by atoms with Crippen molar-refractivity contribution >= 4 is 29.8 Å². The lowest BCUT2D eigenvalue weighted by molar-refractivity contribution is -0.152. The molecule has 1 fully saturated rings. The summed E-state index contributed by atoms with van der Waals surface area (Å²) in [6.07, 6.45) is 1.25. The Kier molecular flexibility index (Phi) is 7.75. The fourth-order valence-electron chi connectivity index (χ4n) is 3.33. The molecular formula is C24H25N3O5. The van der Waals surface area contributed by atoms with Crippen molar-refractivity contribution in [3.05, 3.63) is 77.5 Å². The van der Waals surface area contributed by atoms with Gasteiger partial charge in [-0.15, -0.1) is 0 Å². The van der Waals surface area contributed by atoms with Crippen molar-refractivity contribution in [1.29, 1.82) is 0 Å². The molecule has 3 rings (SSSR count). The Morgan fingerprint density at radius 1 is 1.09 bits per heavy atom. The first-order chi connectivity index (χ1) is 15.4. The van der Waals surface area contributed by atoms with Crippen LogP contribution in [0.5, 0.6) is 0 Å². The van der Waals surface area contributed by atoms with E-state index in [4.69, 9.17) is 4.74 Å². The van der Waals surface area contributed by atoms with E-state index in [2.05, 4.69) is 10.6 Å². The maximum absolute atomic E-state index is 13.3. The van der Waals surface area contributed by atoms with Gasteiger partial charge in [0, 0.05) is 20.0 Å². The summed E-state index contributed by atoms with van der Waals surface area (Å²) < 4.78 is 5.29. The van der Waals surface area contributed by atoms with Crippen LogP contribution in [0.25, 0.3) is 6.08 Å². The molecule has 0 radical (unpaired) electrons. The van der Waals surface area contributed by atoms with Gasteiger partial charge in [0.25, 0.3) is 5.91 Å². The summed E-state index contributed by atoms with van der Waals surface area (Å²) in [5.41, 5.74) is 1.56. The standard InChI is InChI=1S/C24H25N3O5/c1-17(28)26-20(14-18-8-4-2-5-9-18)24(31)27-13-12-25-23(30)21(27)15-22(29)32-16-19-10-6-3-7-11-19/h2-11,14,21H,12-13,15-16H2,1H3,(H,25,30)(H,26,28)/b20-14+/t21-/m0/s1. The second kappa shape index (κ2) is 10.9. The van der Waals surface area contributed by atoms with Gasteiger partial charge in [-0.1, -0.05) is 60.7 Å². The van der Waals surface area contributed by atoms with Crippen LogP contribution in [0.3, 0.4) is 0 Å². The number of nitrogens with one attached hydrogen (secondary N) is 2. The molecule has 1 heterocycles. The Balaban J connectivity index is 1.75. The minimum atomic E-state index is -1.03. The maximum atomic E-state index is 13.3. The third-order valence-electron chi connectivity index (χ3n) is 4.85. The molecule has 2 N–H and O–H groups in total. The zero-order valence-corrected chi connectivity index (χ0v) is 17.7. The zero-order chi connectivity index (χ0) is 22.9. The number of amides is 3. The summed E-state index contributed by atoms with van der Waals surface area (Å²) in [5, 5.41) is 5.22. The van der Waals surface area contributed by atoms with Gasteiger partial charge in [0.2, 0.25) is 11.8 Å². The van der Waals surface area contributed by atoms with E-state index >= 15 is 0 Å². The van der Waals surface area contributed by atoms with Crippen molar-refractivity contribution in [2.75, 3.05) is 13.1 Å². The summed E-state index contributed by atoms with van der Waals surface area (Å²) in [7, 11) is 0. The fraction of sp³-hybridized carbons (Fsp3) is 0.250. The molecule has 1 atom stereocenters. The van der Waals surface area contributed by atoms with Crippen molar-refractivity contribution in [3.8, 4) is 0 Å². The van der Waals surface area contributed by atoms with Gasteiger partial charge in [-0.2, -0.15) is 0 Å². The number of ether oxygens (including phenoxy) is 1. The second-order valence-corrected chi connectivity index (χ2v) is 7.31. The van der Waals surface area contributed by atoms with Crippen LogP contribution in [0.2, 0.25) is 0 Å². The summed E-state index contributed by atoms with van der Waals surface area (Å²) in [5.74, 6) is -1.99. The number of benzene rings is 2. The Labute approximate surface area is 186 Å². The highest BCUT2D eigenvalue weighted by molar-refractivity contribution is 6.03. The van der Waals surface area contributed by atoms with Gasteiger partial charge in [0.1, 0.15) is 18.3 Å². The normalized spacial score (nSPS) is 16.2. The van der Waals surface area contributed by atoms with Crippen molar-refractivity contribution in [2.24, 2.45) is 0 Å². The van der Waals surface area contributed by atoms with E-state index in [0.29, 0.717) is 5.56 Å². The average Bonchev–Trinajstić information content (AvgIpc) is 2.79. The van der Waals surface area contributed by atoms with Gasteiger partial charge >= 0.3 is 5.97 Å². The Morgan fingerprint density at radius 3 is 2.41 bits per heavy atom. The number of nitrogens with zero attached hydrogens (tertiary/aromatic N) is 1. The second-order valence-electron chi connectivity index (χ2n) is 7.31. The van der Waals surface area contributed by atoms with E-state index in [0.717, 1.165) is 5.56 Å². The van der Waals surface area contributed by atoms with E-state index < -0.39 is 29.7 Å². The first-order valence-electron chi connectivity index (χ1n) is 10.3. The summed E-state index contributed by atoms with van der Waals surface area (Å²) in [4.78, 5) is 51.2. The number of hydrogen-bond acceptors (Lipinski definition) is 5. The number of esters is 1. The van der Waals surface area contributed by atoms with Crippen LogP contribution in [-0.2, 0) is 30.5 Å². The van der Waals surface area contributed by atoms with E-state index in [1.807, 2.05) is 48.5 Å². The molecule has 2 aromatic rings. The molecule has 2 aromatic carbocycles. The lowest BCUT2D eigenvalue weighted by Gasteiger charge is -2.35. The van der Waals surface area contributed by atoms with E-state index in [1.54, 1.807) is 18.2 Å². The monoisotopic (exact) mass is 435 g/mol. The first-order valence-corrected chi connectivity index (χ1v) is 10.3. The third-order valence-corrected chi connectivity index (χ3v) is 4.85. The minimum absolute atomic E-state index is 0.0288. The van der Waals surface area contributed by atoms with Crippen molar-refractivity contribution in [2.45, 2.75) is 26.0 Å². The molecule has 0 spiro atoms. The molecule has 1 aliphatic heterocycles. The minimum Gasteiger partial charge on any atom is -0.461 e. The lowest BCUT2D eigenvalue weighted by Crippen LogP contribution is -2.58.